The summed E-state index contributed by atoms with van der Waals surface area (Å²) in [5, 5.41) is 0. The fraction of sp³-hybridized carbons (Fsp3) is 0.750. The van der Waals surface area contributed by atoms with Crippen LogP contribution in [0.5, 0.6) is 0 Å². The van der Waals surface area contributed by atoms with Crippen LogP contribution < -0.4 is 0 Å². The summed E-state index contributed by atoms with van der Waals surface area (Å²) in [6.45, 7) is 2.97. The van der Waals surface area contributed by atoms with Crippen molar-refractivity contribution in [3.05, 3.63) is 0 Å². The van der Waals surface area contributed by atoms with Crippen LogP contribution in [0.15, 0.2) is 0 Å². The molecule has 0 aliphatic carbocycles. The van der Waals surface area contributed by atoms with Gasteiger partial charge in [0, 0.05) is 0 Å². The summed E-state index contributed by atoms with van der Waals surface area (Å²) in [6, 6.07) is 0. The van der Waals surface area contributed by atoms with E-state index in [2.05, 4.69) is 0 Å². The topological polar surface area (TPSA) is 114 Å². The molecule has 2 bridgehead atoms. The largest absolute Gasteiger partial charge is 0.469 e. The van der Waals surface area contributed by atoms with Crippen LogP contribution in [0.25, 0.3) is 0 Å². The normalized spacial score (nSPS) is 35.9. The highest BCUT2D eigenvalue weighted by Gasteiger charge is 2.72. The van der Waals surface area contributed by atoms with Gasteiger partial charge in [-0.1, -0.05) is 13.8 Å². The van der Waals surface area contributed by atoms with E-state index in [9.17, 15) is 19.2 Å². The lowest BCUT2D eigenvalue weighted by atomic mass is 9.78. The van der Waals surface area contributed by atoms with Gasteiger partial charge in [-0.15, -0.1) is 0 Å². The molecule has 3 saturated heterocycles. The molecule has 0 aromatic rings. The van der Waals surface area contributed by atoms with Crippen LogP contribution in [0.1, 0.15) is 20.3 Å². The number of hydrogen-bond donors (Lipinski definition) is 0. The third kappa shape index (κ3) is 2.86. The van der Waals surface area contributed by atoms with Crippen molar-refractivity contribution in [2.45, 2.75) is 44.7 Å². The lowest BCUT2D eigenvalue weighted by Crippen LogP contribution is -2.48. The molecular weight excluding hydrogens is 336 g/mol. The quantitative estimate of drug-likeness (QED) is 0.463. The number of fused-ring (bicyclic) bond motifs is 1. The van der Waals surface area contributed by atoms with Crippen LogP contribution in [0.2, 0.25) is 0 Å². The molecule has 0 radical (unpaired) electrons. The van der Waals surface area contributed by atoms with Gasteiger partial charge in [0.15, 0.2) is 18.8 Å². The monoisotopic (exact) mass is 356 g/mol. The Hall–Kier alpha value is -2.16. The molecule has 0 aromatic carbocycles. The number of carbonyl (C=O) groups is 4. The summed E-state index contributed by atoms with van der Waals surface area (Å²) in [5.74, 6) is -4.39. The van der Waals surface area contributed by atoms with Gasteiger partial charge in [0.2, 0.25) is 0 Å². The van der Waals surface area contributed by atoms with Gasteiger partial charge < -0.3 is 23.7 Å². The Labute approximate surface area is 143 Å². The van der Waals surface area contributed by atoms with Gasteiger partial charge in [0.25, 0.3) is 0 Å². The summed E-state index contributed by atoms with van der Waals surface area (Å²) < 4.78 is 25.7. The maximum absolute atomic E-state index is 12.0. The van der Waals surface area contributed by atoms with Gasteiger partial charge in [-0.2, -0.15) is 0 Å². The van der Waals surface area contributed by atoms with Crippen LogP contribution in [0, 0.1) is 17.8 Å². The maximum atomic E-state index is 12.0. The highest BCUT2D eigenvalue weighted by molar-refractivity contribution is 5.87. The van der Waals surface area contributed by atoms with Crippen LogP contribution >= 0.6 is 0 Å². The van der Waals surface area contributed by atoms with Gasteiger partial charge in [0.1, 0.15) is 24.0 Å². The Morgan fingerprint density at radius 2 is 1.92 bits per heavy atom. The van der Waals surface area contributed by atoms with Crippen LogP contribution in [-0.4, -0.2) is 62.0 Å². The van der Waals surface area contributed by atoms with Crippen molar-refractivity contribution in [3.8, 4) is 0 Å². The van der Waals surface area contributed by atoms with Crippen LogP contribution in [-0.2, 0) is 42.9 Å². The minimum absolute atomic E-state index is 0.320. The van der Waals surface area contributed by atoms with Crippen molar-refractivity contribution in [1.29, 1.82) is 0 Å². The zero-order chi connectivity index (χ0) is 18.3. The van der Waals surface area contributed by atoms with E-state index in [4.69, 9.17) is 23.7 Å². The fourth-order valence-corrected chi connectivity index (χ4v) is 3.50. The Bertz CT molecular complexity index is 600. The molecule has 7 atom stereocenters. The summed E-state index contributed by atoms with van der Waals surface area (Å²) in [7, 11) is 1.21. The van der Waals surface area contributed by atoms with E-state index in [1.165, 1.54) is 7.11 Å². The first-order valence-electron chi connectivity index (χ1n) is 8.19. The Morgan fingerprint density at radius 1 is 1.20 bits per heavy atom. The summed E-state index contributed by atoms with van der Waals surface area (Å²) in [4.78, 5) is 47.5. The van der Waals surface area contributed by atoms with Crippen LogP contribution in [0.4, 0.5) is 0 Å². The number of carbonyl (C=O) groups excluding carboxylic acids is 4. The first-order valence-corrected chi connectivity index (χ1v) is 8.19. The highest BCUT2D eigenvalue weighted by Crippen LogP contribution is 2.51. The molecule has 0 N–H and O–H groups in total. The van der Waals surface area contributed by atoms with E-state index >= 15 is 0 Å². The SMILES string of the molecule is CCC(C)C(=O)OCC(=O)OC1C2OC(=O)C3C2OC1C3C(=O)OC. The first kappa shape index (κ1) is 17.7. The molecule has 25 heavy (non-hydrogen) atoms. The van der Waals surface area contributed by atoms with E-state index in [1.54, 1.807) is 6.92 Å². The average Bonchev–Trinajstić information content (AvgIpc) is 3.21. The van der Waals surface area contributed by atoms with Crippen LogP contribution in [0.3, 0.4) is 0 Å². The molecule has 0 saturated carbocycles. The van der Waals surface area contributed by atoms with Crippen molar-refractivity contribution >= 4 is 23.9 Å². The summed E-state index contributed by atoms with van der Waals surface area (Å²) in [5.41, 5.74) is 0. The number of ether oxygens (including phenoxy) is 5. The van der Waals surface area contributed by atoms with Crippen molar-refractivity contribution in [2.24, 2.45) is 17.8 Å². The predicted octanol–water partition coefficient (Wildman–Crippen LogP) is -0.401. The Morgan fingerprint density at radius 3 is 2.56 bits per heavy atom. The predicted molar refractivity (Wildman–Crippen MR) is 77.8 cm³/mol. The molecule has 7 unspecified atom stereocenters. The number of rotatable bonds is 6. The standard InChI is InChI=1S/C16H20O9/c1-4-6(2)14(18)22-5-7(17)23-12-10-8(15(19)21-3)9-11(24-10)13(12)25-16(9)20/h6,8-13H,4-5H2,1-3H3. The van der Waals surface area contributed by atoms with Gasteiger partial charge in [-0.25, -0.2) is 4.79 Å². The summed E-state index contributed by atoms with van der Waals surface area (Å²) >= 11 is 0. The van der Waals surface area contributed by atoms with E-state index in [-0.39, 0.29) is 5.92 Å². The van der Waals surface area contributed by atoms with Gasteiger partial charge >= 0.3 is 23.9 Å². The molecule has 0 amide bonds. The molecule has 0 spiro atoms. The molecule has 0 aromatic heterocycles. The highest BCUT2D eigenvalue weighted by atomic mass is 16.7. The molecule has 3 rings (SSSR count). The fourth-order valence-electron chi connectivity index (χ4n) is 3.50. The van der Waals surface area contributed by atoms with E-state index in [1.807, 2.05) is 6.92 Å². The smallest absolute Gasteiger partial charge is 0.344 e. The second-order valence-corrected chi connectivity index (χ2v) is 6.41. The molecular formula is C16H20O9. The Kier molecular flexibility index (Phi) is 4.68. The lowest BCUT2D eigenvalue weighted by Gasteiger charge is -2.26. The van der Waals surface area contributed by atoms with E-state index in [0.717, 1.165) is 0 Å². The minimum atomic E-state index is -0.924. The van der Waals surface area contributed by atoms with Crippen molar-refractivity contribution < 1.29 is 42.9 Å². The zero-order valence-corrected chi connectivity index (χ0v) is 14.1. The first-order chi connectivity index (χ1) is 11.9. The maximum Gasteiger partial charge on any atom is 0.344 e. The van der Waals surface area contributed by atoms with Crippen molar-refractivity contribution in [1.82, 2.24) is 0 Å². The zero-order valence-electron chi connectivity index (χ0n) is 14.1. The van der Waals surface area contributed by atoms with Gasteiger partial charge in [0.05, 0.1) is 13.0 Å². The van der Waals surface area contributed by atoms with Crippen molar-refractivity contribution in [3.63, 3.8) is 0 Å². The van der Waals surface area contributed by atoms with E-state index < -0.39 is 66.7 Å². The van der Waals surface area contributed by atoms with Gasteiger partial charge in [-0.3, -0.25) is 14.4 Å². The molecule has 3 aliphatic heterocycles. The second-order valence-electron chi connectivity index (χ2n) is 6.41. The van der Waals surface area contributed by atoms with Crippen molar-refractivity contribution in [2.75, 3.05) is 13.7 Å². The minimum Gasteiger partial charge on any atom is -0.469 e. The lowest BCUT2D eigenvalue weighted by molar-refractivity contribution is -0.171. The molecule has 9 nitrogen and oxygen atoms in total. The number of esters is 4. The molecule has 3 fully saturated rings. The number of methoxy groups -OCH3 is 1. The molecule has 138 valence electrons. The van der Waals surface area contributed by atoms with Gasteiger partial charge in [-0.05, 0) is 6.42 Å². The summed E-state index contributed by atoms with van der Waals surface area (Å²) in [6.07, 6.45) is -2.53. The molecule has 9 heteroatoms. The second kappa shape index (κ2) is 6.62. The average molecular weight is 356 g/mol. The molecule has 3 heterocycles. The molecule has 3 aliphatic rings. The third-order valence-corrected chi connectivity index (χ3v) is 4.99. The van der Waals surface area contributed by atoms with E-state index in [0.29, 0.717) is 6.42 Å². The Balaban J connectivity index is 1.63. The number of hydrogen-bond acceptors (Lipinski definition) is 9. The third-order valence-electron chi connectivity index (χ3n) is 4.99.